The Hall–Kier alpha value is -1.71. The lowest BCUT2D eigenvalue weighted by Crippen LogP contribution is -2.42. The molecule has 4 nitrogen and oxygen atoms in total. The molecule has 0 radical (unpaired) electrons. The number of ketones is 2. The second kappa shape index (κ2) is 4.76. The lowest BCUT2D eigenvalue weighted by Gasteiger charge is -2.35. The smallest absolute Gasteiger partial charge is 0.334 e. The highest BCUT2D eigenvalue weighted by Crippen LogP contribution is 2.46. The summed E-state index contributed by atoms with van der Waals surface area (Å²) in [6, 6.07) is 0. The van der Waals surface area contributed by atoms with Crippen LogP contribution in [0.25, 0.3) is 0 Å². The topological polar surface area (TPSA) is 60.4 Å². The first-order valence-electron chi connectivity index (χ1n) is 6.44. The van der Waals surface area contributed by atoms with E-state index in [1.54, 1.807) is 19.1 Å². The lowest BCUT2D eigenvalue weighted by atomic mass is 9.70. The fraction of sp³-hybridized carbons (Fsp3) is 0.533. The summed E-state index contributed by atoms with van der Waals surface area (Å²) >= 11 is 0. The Balaban J connectivity index is 2.13. The molecule has 4 heteroatoms. The average Bonchev–Trinajstić information content (AvgIpc) is 2.50. The maximum absolute atomic E-state index is 12.1. The molecule has 0 aromatic rings. The van der Waals surface area contributed by atoms with Crippen LogP contribution < -0.4 is 0 Å². The summed E-state index contributed by atoms with van der Waals surface area (Å²) in [6.45, 7) is 7.07. The van der Waals surface area contributed by atoms with E-state index in [-0.39, 0.29) is 29.8 Å². The van der Waals surface area contributed by atoms with Gasteiger partial charge in [0, 0.05) is 30.3 Å². The zero-order valence-corrected chi connectivity index (χ0v) is 11.3. The fourth-order valence-electron chi connectivity index (χ4n) is 2.86. The number of allylic oxidation sites excluding steroid dienone is 2. The summed E-state index contributed by atoms with van der Waals surface area (Å²) in [7, 11) is 0. The van der Waals surface area contributed by atoms with Crippen molar-refractivity contribution >= 4 is 17.5 Å². The van der Waals surface area contributed by atoms with Crippen molar-refractivity contribution in [3.63, 3.8) is 0 Å². The van der Waals surface area contributed by atoms with Crippen molar-refractivity contribution in [3.05, 3.63) is 24.3 Å². The Morgan fingerprint density at radius 2 is 2.21 bits per heavy atom. The summed E-state index contributed by atoms with van der Waals surface area (Å²) in [6.07, 6.45) is 4.60. The Bertz CT molecular complexity index is 488. The van der Waals surface area contributed by atoms with Crippen LogP contribution in [0.3, 0.4) is 0 Å². The van der Waals surface area contributed by atoms with Gasteiger partial charge in [-0.1, -0.05) is 18.7 Å². The van der Waals surface area contributed by atoms with E-state index in [9.17, 15) is 14.4 Å². The van der Waals surface area contributed by atoms with Gasteiger partial charge in [-0.15, -0.1) is 0 Å². The quantitative estimate of drug-likeness (QED) is 0.443. The van der Waals surface area contributed by atoms with Gasteiger partial charge in [0.2, 0.25) is 0 Å². The average molecular weight is 262 g/mol. The van der Waals surface area contributed by atoms with Gasteiger partial charge in [0.05, 0.1) is 0 Å². The molecule has 0 bridgehead atoms. The molecule has 2 fully saturated rings. The van der Waals surface area contributed by atoms with E-state index in [4.69, 9.17) is 4.74 Å². The first kappa shape index (κ1) is 13.7. The van der Waals surface area contributed by atoms with Gasteiger partial charge in [0.25, 0.3) is 0 Å². The van der Waals surface area contributed by atoms with Crippen LogP contribution in [-0.2, 0) is 19.1 Å². The predicted octanol–water partition coefficient (Wildman–Crippen LogP) is 1.99. The zero-order chi connectivity index (χ0) is 14.2. The van der Waals surface area contributed by atoms with Crippen LogP contribution in [0.4, 0.5) is 0 Å². The maximum Gasteiger partial charge on any atom is 0.334 e. The number of Topliss-reactive ketones (excluding diaryl/α,β-unsaturated/α-hetero) is 2. The molecule has 102 valence electrons. The Morgan fingerprint density at radius 3 is 2.84 bits per heavy atom. The first-order chi connectivity index (χ1) is 8.83. The molecule has 0 aromatic heterocycles. The molecule has 1 heterocycles. The van der Waals surface area contributed by atoms with Gasteiger partial charge in [0.15, 0.2) is 0 Å². The van der Waals surface area contributed by atoms with E-state index in [0.29, 0.717) is 18.4 Å². The van der Waals surface area contributed by atoms with Crippen molar-refractivity contribution in [2.45, 2.75) is 38.7 Å². The molecule has 0 amide bonds. The summed E-state index contributed by atoms with van der Waals surface area (Å²) in [5.74, 6) is -0.629. The summed E-state index contributed by atoms with van der Waals surface area (Å²) in [5.41, 5.74) is -0.268. The second-order valence-corrected chi connectivity index (χ2v) is 5.60. The molecule has 1 saturated carbocycles. The number of carbonyl (C=O) groups is 3. The van der Waals surface area contributed by atoms with Crippen LogP contribution in [0, 0.1) is 11.8 Å². The summed E-state index contributed by atoms with van der Waals surface area (Å²) < 4.78 is 5.29. The first-order valence-corrected chi connectivity index (χ1v) is 6.44. The van der Waals surface area contributed by atoms with Crippen molar-refractivity contribution in [3.8, 4) is 0 Å². The summed E-state index contributed by atoms with van der Waals surface area (Å²) in [5, 5.41) is 0. The zero-order valence-electron chi connectivity index (χ0n) is 11.3. The van der Waals surface area contributed by atoms with Crippen LogP contribution in [0.5, 0.6) is 0 Å². The fourth-order valence-corrected chi connectivity index (χ4v) is 2.86. The van der Waals surface area contributed by atoms with Gasteiger partial charge >= 0.3 is 5.97 Å². The van der Waals surface area contributed by atoms with Crippen molar-refractivity contribution in [1.29, 1.82) is 0 Å². The van der Waals surface area contributed by atoms with Crippen molar-refractivity contribution in [2.75, 3.05) is 0 Å². The van der Waals surface area contributed by atoms with Gasteiger partial charge in [-0.25, -0.2) is 4.79 Å². The van der Waals surface area contributed by atoms with Crippen molar-refractivity contribution < 1.29 is 19.1 Å². The van der Waals surface area contributed by atoms with Crippen molar-refractivity contribution in [2.24, 2.45) is 11.8 Å². The van der Waals surface area contributed by atoms with Gasteiger partial charge in [0.1, 0.15) is 17.2 Å². The van der Waals surface area contributed by atoms with Crippen LogP contribution in [-0.4, -0.2) is 23.1 Å². The number of esters is 1. The third kappa shape index (κ3) is 2.53. The molecule has 3 atom stereocenters. The molecule has 1 saturated heterocycles. The molecule has 0 aromatic carbocycles. The molecule has 0 spiro atoms. The van der Waals surface area contributed by atoms with E-state index >= 15 is 0 Å². The largest absolute Gasteiger partial charge is 0.455 e. The van der Waals surface area contributed by atoms with E-state index in [1.807, 2.05) is 0 Å². The molecular formula is C15H18O4. The Morgan fingerprint density at radius 1 is 1.53 bits per heavy atom. The second-order valence-electron chi connectivity index (χ2n) is 5.60. The van der Waals surface area contributed by atoms with Crippen molar-refractivity contribution in [1.82, 2.24) is 0 Å². The van der Waals surface area contributed by atoms with Crippen LogP contribution in [0.2, 0.25) is 0 Å². The highest BCUT2D eigenvalue weighted by atomic mass is 16.6. The summed E-state index contributed by atoms with van der Waals surface area (Å²) in [4.78, 5) is 34.5. The molecule has 2 rings (SSSR count). The highest BCUT2D eigenvalue weighted by molar-refractivity contribution is 5.94. The standard InChI is InChI=1S/C15H18O4/c1-9(16)5-4-6-11-7-12-10(2)14(18)19-15(12,3)8-13(11)17/h4,6,11-12H,2,5,7-8H2,1,3H3. The minimum Gasteiger partial charge on any atom is -0.455 e. The number of carbonyl (C=O) groups excluding carboxylic acids is 3. The number of rotatable bonds is 3. The van der Waals surface area contributed by atoms with Gasteiger partial charge in [-0.05, 0) is 20.3 Å². The van der Waals surface area contributed by atoms with E-state index in [2.05, 4.69) is 6.58 Å². The molecule has 3 unspecified atom stereocenters. The third-order valence-electron chi connectivity index (χ3n) is 3.95. The molecule has 2 aliphatic rings. The van der Waals surface area contributed by atoms with Gasteiger partial charge in [-0.2, -0.15) is 0 Å². The normalized spacial score (nSPS) is 34.5. The Labute approximate surface area is 112 Å². The monoisotopic (exact) mass is 262 g/mol. The van der Waals surface area contributed by atoms with Gasteiger partial charge < -0.3 is 4.74 Å². The maximum atomic E-state index is 12.1. The Kier molecular flexibility index (Phi) is 3.43. The third-order valence-corrected chi connectivity index (χ3v) is 3.95. The number of hydrogen-bond donors (Lipinski definition) is 0. The van der Waals surface area contributed by atoms with E-state index in [1.165, 1.54) is 6.92 Å². The number of hydrogen-bond acceptors (Lipinski definition) is 4. The van der Waals surface area contributed by atoms with E-state index < -0.39 is 11.6 Å². The minimum absolute atomic E-state index is 0.0565. The number of ether oxygens (including phenoxy) is 1. The van der Waals surface area contributed by atoms with Crippen LogP contribution in [0.15, 0.2) is 24.3 Å². The molecule has 0 N–H and O–H groups in total. The molecule has 19 heavy (non-hydrogen) atoms. The SMILES string of the molecule is C=C1C(=O)OC2(C)CC(=O)C(C=CCC(C)=O)CC12. The molecular weight excluding hydrogens is 244 g/mol. The van der Waals surface area contributed by atoms with Gasteiger partial charge in [-0.3, -0.25) is 9.59 Å². The lowest BCUT2D eigenvalue weighted by molar-refractivity contribution is -0.151. The molecule has 1 aliphatic heterocycles. The van der Waals surface area contributed by atoms with Crippen LogP contribution >= 0.6 is 0 Å². The predicted molar refractivity (Wildman–Crippen MR) is 69.3 cm³/mol. The van der Waals surface area contributed by atoms with Crippen LogP contribution in [0.1, 0.15) is 33.1 Å². The molecule has 1 aliphatic carbocycles. The minimum atomic E-state index is -0.726. The highest BCUT2D eigenvalue weighted by Gasteiger charge is 2.53. The number of fused-ring (bicyclic) bond motifs is 1. The van der Waals surface area contributed by atoms with E-state index in [0.717, 1.165) is 0 Å².